The minimum atomic E-state index is -2.60. The molecule has 1 atom stereocenters. The van der Waals surface area contributed by atoms with Crippen LogP contribution in [0.25, 0.3) is 0 Å². The van der Waals surface area contributed by atoms with Crippen LogP contribution in [0.2, 0.25) is 0 Å². The summed E-state index contributed by atoms with van der Waals surface area (Å²) in [6, 6.07) is 0. The van der Waals surface area contributed by atoms with Gasteiger partial charge in [-0.1, -0.05) is 5.92 Å². The van der Waals surface area contributed by atoms with Crippen LogP contribution in [-0.4, -0.2) is 56.6 Å². The molecule has 1 saturated heterocycles. The van der Waals surface area contributed by atoms with Crippen LogP contribution >= 0.6 is 0 Å². The fourth-order valence-electron chi connectivity index (χ4n) is 1.74. The number of carbonyl (C=O) groups excluding carboxylic acids is 1. The molecule has 0 bridgehead atoms. The smallest absolute Gasteiger partial charge is 0.200 e. The van der Waals surface area contributed by atoms with E-state index in [4.69, 9.17) is 6.42 Å². The lowest BCUT2D eigenvalue weighted by Gasteiger charge is -2.41. The van der Waals surface area contributed by atoms with Crippen molar-refractivity contribution in [2.45, 2.75) is 19.4 Å². The van der Waals surface area contributed by atoms with Crippen molar-refractivity contribution in [3.63, 3.8) is 0 Å². The van der Waals surface area contributed by atoms with E-state index in [0.717, 1.165) is 13.1 Å². The number of rotatable bonds is 2. The topological polar surface area (TPSA) is 40.6 Å². The molecule has 5 heteroatoms. The molecular weight excluding hydrogens is 224 g/mol. The maximum absolute atomic E-state index is 11.8. The number of nitrogens with zero attached hydrogens (tertiary/aromatic N) is 2. The van der Waals surface area contributed by atoms with E-state index in [1.807, 2.05) is 13.8 Å². The molecule has 0 aromatic rings. The van der Waals surface area contributed by atoms with Gasteiger partial charge in [-0.2, -0.15) is 0 Å². The van der Waals surface area contributed by atoms with Crippen molar-refractivity contribution in [2.24, 2.45) is 0 Å². The lowest BCUT2D eigenvalue weighted by molar-refractivity contribution is 0.119. The van der Waals surface area contributed by atoms with Gasteiger partial charge in [0.2, 0.25) is 5.23 Å². The molecule has 16 heavy (non-hydrogen) atoms. The number of hydrogen-bond acceptors (Lipinski definition) is 3. The molecular formula is C11H18N2O2S. The number of terminal acetylenes is 1. The van der Waals surface area contributed by atoms with Crippen LogP contribution in [0.3, 0.4) is 0 Å². The van der Waals surface area contributed by atoms with Gasteiger partial charge in [-0.05, 0) is 13.8 Å². The Morgan fingerprint density at radius 3 is 2.12 bits per heavy atom. The van der Waals surface area contributed by atoms with Gasteiger partial charge in [-0.3, -0.25) is 4.90 Å². The summed E-state index contributed by atoms with van der Waals surface area (Å²) in [6.07, 6.45) is 6.89. The zero-order valence-corrected chi connectivity index (χ0v) is 10.8. The summed E-state index contributed by atoms with van der Waals surface area (Å²) < 4.78 is 13.5. The van der Waals surface area contributed by atoms with Gasteiger partial charge >= 0.3 is 0 Å². The minimum Gasteiger partial charge on any atom is -0.285 e. The summed E-state index contributed by atoms with van der Waals surface area (Å²) >= 11 is 0. The lowest BCUT2D eigenvalue weighted by Crippen LogP contribution is -2.55. The van der Waals surface area contributed by atoms with Crippen LogP contribution in [0, 0.1) is 12.3 Å². The van der Waals surface area contributed by atoms with E-state index < -0.39 is 9.71 Å². The molecule has 1 unspecified atom stereocenters. The van der Waals surface area contributed by atoms with Crippen LogP contribution in [-0.2, 0) is 14.5 Å². The third-order valence-corrected chi connectivity index (χ3v) is 4.69. The van der Waals surface area contributed by atoms with Gasteiger partial charge in [-0.15, -0.1) is 6.42 Å². The normalized spacial score (nSPS) is 23.1. The highest BCUT2D eigenvalue weighted by Crippen LogP contribution is 2.16. The molecule has 1 aliphatic heterocycles. The molecule has 0 aromatic heterocycles. The van der Waals surface area contributed by atoms with Crippen LogP contribution in [0.5, 0.6) is 0 Å². The minimum absolute atomic E-state index is 0.286. The molecule has 0 aromatic carbocycles. The highest BCUT2D eigenvalue weighted by molar-refractivity contribution is 7.97. The predicted molar refractivity (Wildman–Crippen MR) is 65.8 cm³/mol. The van der Waals surface area contributed by atoms with Crippen molar-refractivity contribution < 1.29 is 9.00 Å². The van der Waals surface area contributed by atoms with E-state index in [1.54, 1.807) is 9.54 Å². The summed E-state index contributed by atoms with van der Waals surface area (Å²) in [6.45, 7) is 6.61. The third-order valence-electron chi connectivity index (χ3n) is 3.03. The van der Waals surface area contributed by atoms with Gasteiger partial charge in [0, 0.05) is 32.4 Å². The quantitative estimate of drug-likeness (QED) is 0.502. The van der Waals surface area contributed by atoms with Crippen LogP contribution in [0.15, 0.2) is 0 Å². The molecule has 0 amide bonds. The number of hydrogen-bond donors (Lipinski definition) is 0. The zero-order valence-electron chi connectivity index (χ0n) is 10.0. The Labute approximate surface area is 97.7 Å². The molecule has 1 rings (SSSR count). The maximum atomic E-state index is 11.8. The summed E-state index contributed by atoms with van der Waals surface area (Å²) in [5.74, 6) is 2.74. The van der Waals surface area contributed by atoms with Gasteiger partial charge in [0.15, 0.2) is 0 Å². The van der Waals surface area contributed by atoms with Gasteiger partial charge < -0.3 is 0 Å². The largest absolute Gasteiger partial charge is 0.285 e. The summed E-state index contributed by atoms with van der Waals surface area (Å²) in [5, 5.41) is 1.62. The first-order chi connectivity index (χ1) is 7.33. The first-order valence-corrected chi connectivity index (χ1v) is 7.12. The summed E-state index contributed by atoms with van der Waals surface area (Å²) in [5.41, 5.74) is -0.286. The molecule has 0 aliphatic carbocycles. The molecule has 0 saturated carbocycles. The maximum Gasteiger partial charge on any atom is 0.200 e. The Bertz CT molecular complexity index is 429. The van der Waals surface area contributed by atoms with Crippen molar-refractivity contribution in [1.82, 2.24) is 9.21 Å². The van der Waals surface area contributed by atoms with Gasteiger partial charge in [0.05, 0.1) is 5.54 Å². The van der Waals surface area contributed by atoms with Crippen molar-refractivity contribution in [3.8, 4) is 12.3 Å². The average Bonchev–Trinajstić information content (AvgIpc) is 2.29. The molecule has 1 fully saturated rings. The highest BCUT2D eigenvalue weighted by Gasteiger charge is 2.30. The average molecular weight is 242 g/mol. The second-order valence-corrected chi connectivity index (χ2v) is 6.79. The van der Waals surface area contributed by atoms with Gasteiger partial charge in [0.25, 0.3) is 0 Å². The molecule has 0 spiro atoms. The predicted octanol–water partition coefficient (Wildman–Crippen LogP) is -0.0878. The zero-order chi connectivity index (χ0) is 12.4. The monoisotopic (exact) mass is 242 g/mol. The van der Waals surface area contributed by atoms with Crippen LogP contribution in [0.1, 0.15) is 13.8 Å². The molecule has 4 nitrogen and oxygen atoms in total. The summed E-state index contributed by atoms with van der Waals surface area (Å²) in [7, 11) is -2.60. The SMILES string of the molecule is C#CC(C)(C)N1CCN(S(C)(=O)=C=O)CC1. The second kappa shape index (κ2) is 4.60. The molecule has 90 valence electrons. The molecule has 0 N–H and O–H groups in total. The lowest BCUT2D eigenvalue weighted by atomic mass is 10.0. The fraction of sp³-hybridized carbons (Fsp3) is 0.727. The fourth-order valence-corrected chi connectivity index (χ4v) is 2.71. The second-order valence-electron chi connectivity index (χ2n) is 4.51. The summed E-state index contributed by atoms with van der Waals surface area (Å²) in [4.78, 5) is 12.7. The van der Waals surface area contributed by atoms with Crippen molar-refractivity contribution in [2.75, 3.05) is 32.4 Å². The molecule has 1 aliphatic rings. The standard InChI is InChI=1S/C11H18N2O2S/c1-5-11(2,3)12-6-8-13(9-7-12)16(4,15)10-14/h1H,6-9H2,2-4H3. The van der Waals surface area contributed by atoms with Gasteiger partial charge in [-0.25, -0.2) is 13.3 Å². The third kappa shape index (κ3) is 2.66. The van der Waals surface area contributed by atoms with Crippen molar-refractivity contribution in [3.05, 3.63) is 0 Å². The highest BCUT2D eigenvalue weighted by atomic mass is 32.2. The van der Waals surface area contributed by atoms with E-state index in [9.17, 15) is 9.00 Å². The van der Waals surface area contributed by atoms with Crippen molar-refractivity contribution >= 4 is 14.9 Å². The van der Waals surface area contributed by atoms with Gasteiger partial charge in [0.1, 0.15) is 9.71 Å². The van der Waals surface area contributed by atoms with E-state index in [-0.39, 0.29) is 5.54 Å². The Morgan fingerprint density at radius 1 is 1.25 bits per heavy atom. The molecule has 1 heterocycles. The Balaban J connectivity index is 2.71. The van der Waals surface area contributed by atoms with E-state index in [1.165, 1.54) is 6.26 Å². The van der Waals surface area contributed by atoms with E-state index in [2.05, 4.69) is 10.8 Å². The first kappa shape index (κ1) is 13.3. The Hall–Kier alpha value is -0.790. The van der Waals surface area contributed by atoms with E-state index >= 15 is 0 Å². The first-order valence-electron chi connectivity index (χ1n) is 5.19. The Morgan fingerprint density at radius 2 is 1.75 bits per heavy atom. The Kier molecular flexibility index (Phi) is 3.82. The van der Waals surface area contributed by atoms with Crippen molar-refractivity contribution in [1.29, 1.82) is 0 Å². The van der Waals surface area contributed by atoms with Crippen LogP contribution in [0.4, 0.5) is 0 Å². The number of piperazine rings is 1. The molecule has 0 radical (unpaired) electrons. The van der Waals surface area contributed by atoms with E-state index in [0.29, 0.717) is 13.1 Å². The van der Waals surface area contributed by atoms with Crippen LogP contribution < -0.4 is 0 Å².